The lowest BCUT2D eigenvalue weighted by Crippen LogP contribution is -2.41. The average Bonchev–Trinajstić information content (AvgIpc) is 3.18. The quantitative estimate of drug-likeness (QED) is 0.735. The van der Waals surface area contributed by atoms with Gasteiger partial charge in [-0.1, -0.05) is 30.3 Å². The van der Waals surface area contributed by atoms with Gasteiger partial charge in [0.05, 0.1) is 11.6 Å². The molecule has 2 aromatic heterocycles. The van der Waals surface area contributed by atoms with E-state index >= 15 is 0 Å². The van der Waals surface area contributed by atoms with Crippen molar-refractivity contribution in [2.24, 2.45) is 0 Å². The van der Waals surface area contributed by atoms with Gasteiger partial charge in [0.15, 0.2) is 11.6 Å². The molecule has 0 spiro atoms. The zero-order valence-electron chi connectivity index (χ0n) is 13.5. The van der Waals surface area contributed by atoms with Crippen LogP contribution in [0, 0.1) is 6.92 Å². The van der Waals surface area contributed by atoms with E-state index in [0.29, 0.717) is 18.8 Å². The van der Waals surface area contributed by atoms with Crippen LogP contribution in [0.5, 0.6) is 0 Å². The highest BCUT2D eigenvalue weighted by Gasteiger charge is 2.35. The van der Waals surface area contributed by atoms with E-state index < -0.39 is 0 Å². The minimum atomic E-state index is -0.340. The molecule has 3 heterocycles. The lowest BCUT2D eigenvalue weighted by atomic mass is 10.0. The molecule has 0 fully saturated rings. The number of likely N-dealkylation sites (N-methyl/N-ethyl adjacent to an activating group) is 1. The number of nitrogens with zero attached hydrogens (tertiary/aromatic N) is 5. The normalized spacial score (nSPS) is 17.2. The summed E-state index contributed by atoms with van der Waals surface area (Å²) >= 11 is 1.57. The molecule has 1 aromatic carbocycles. The van der Waals surface area contributed by atoms with Crippen molar-refractivity contribution in [1.82, 2.24) is 24.6 Å². The first kappa shape index (κ1) is 15.0. The summed E-state index contributed by atoms with van der Waals surface area (Å²) in [5, 5.41) is 11.6. The van der Waals surface area contributed by atoms with Crippen LogP contribution in [0.15, 0.2) is 35.7 Å². The monoisotopic (exact) mass is 339 g/mol. The molecular formula is C17H17N5OS. The second kappa shape index (κ2) is 5.83. The topological polar surface area (TPSA) is 63.9 Å². The van der Waals surface area contributed by atoms with Gasteiger partial charge in [-0.05, 0) is 12.5 Å². The molecule has 1 aliphatic rings. The number of aromatic nitrogens is 4. The van der Waals surface area contributed by atoms with Crippen molar-refractivity contribution in [2.45, 2.75) is 25.9 Å². The van der Waals surface area contributed by atoms with Crippen LogP contribution >= 0.6 is 11.3 Å². The van der Waals surface area contributed by atoms with Gasteiger partial charge in [0.1, 0.15) is 11.7 Å². The van der Waals surface area contributed by atoms with Crippen LogP contribution in [0.3, 0.4) is 0 Å². The Hall–Kier alpha value is -2.54. The Kier molecular flexibility index (Phi) is 3.65. The van der Waals surface area contributed by atoms with E-state index in [1.54, 1.807) is 16.2 Å². The number of fused-ring (bicyclic) bond motifs is 1. The first-order chi connectivity index (χ1) is 11.6. The van der Waals surface area contributed by atoms with Gasteiger partial charge in [-0.2, -0.15) is 0 Å². The molecule has 7 heteroatoms. The molecule has 4 rings (SSSR count). The zero-order valence-corrected chi connectivity index (χ0v) is 14.3. The second-order valence-electron chi connectivity index (χ2n) is 5.96. The van der Waals surface area contributed by atoms with Crippen molar-refractivity contribution in [3.05, 3.63) is 52.1 Å². The van der Waals surface area contributed by atoms with Crippen LogP contribution in [0.25, 0.3) is 11.5 Å². The predicted octanol–water partition coefficient (Wildman–Crippen LogP) is 2.47. The molecule has 0 unspecified atom stereocenters. The van der Waals surface area contributed by atoms with Gasteiger partial charge >= 0.3 is 0 Å². The summed E-state index contributed by atoms with van der Waals surface area (Å²) in [6, 6.07) is 9.70. The fourth-order valence-corrected chi connectivity index (χ4v) is 3.66. The first-order valence-corrected chi connectivity index (χ1v) is 8.66. The Labute approximate surface area is 143 Å². The van der Waals surface area contributed by atoms with Crippen LogP contribution in [-0.4, -0.2) is 37.6 Å². The number of benzene rings is 1. The van der Waals surface area contributed by atoms with Gasteiger partial charge < -0.3 is 4.90 Å². The maximum Gasteiger partial charge on any atom is 0.246 e. The molecule has 6 nitrogen and oxygen atoms in total. The van der Waals surface area contributed by atoms with E-state index in [1.165, 1.54) is 0 Å². The fourth-order valence-electron chi connectivity index (χ4n) is 3.07. The number of carbonyl (C=O) groups excluding carboxylic acids is 1. The molecule has 122 valence electrons. The molecule has 3 aromatic rings. The van der Waals surface area contributed by atoms with Crippen molar-refractivity contribution >= 4 is 17.2 Å². The molecule has 1 amide bonds. The molecular weight excluding hydrogens is 322 g/mol. The van der Waals surface area contributed by atoms with E-state index in [2.05, 4.69) is 15.2 Å². The lowest BCUT2D eigenvalue weighted by molar-refractivity contribution is -0.135. The third-order valence-corrected chi connectivity index (χ3v) is 5.01. The van der Waals surface area contributed by atoms with Crippen LogP contribution in [0.1, 0.15) is 22.4 Å². The number of amides is 1. The maximum absolute atomic E-state index is 12.8. The SMILES string of the molecule is Cc1nc(-c2nnc3n2[C@H](Cc2ccccc2)C(=O)N(C)C3)cs1. The predicted molar refractivity (Wildman–Crippen MR) is 91.5 cm³/mol. The molecule has 1 aliphatic heterocycles. The van der Waals surface area contributed by atoms with Crippen LogP contribution < -0.4 is 0 Å². The Morgan fingerprint density at radius 2 is 2.04 bits per heavy atom. The summed E-state index contributed by atoms with van der Waals surface area (Å²) in [5.74, 6) is 1.56. The summed E-state index contributed by atoms with van der Waals surface area (Å²) in [4.78, 5) is 19.0. The van der Waals surface area contributed by atoms with Crippen LogP contribution in [0.4, 0.5) is 0 Å². The van der Waals surface area contributed by atoms with E-state index in [-0.39, 0.29) is 11.9 Å². The Morgan fingerprint density at radius 3 is 2.75 bits per heavy atom. The highest BCUT2D eigenvalue weighted by molar-refractivity contribution is 7.09. The Bertz CT molecular complexity index is 886. The minimum absolute atomic E-state index is 0.0827. The smallest absolute Gasteiger partial charge is 0.246 e. The Balaban J connectivity index is 1.80. The zero-order chi connectivity index (χ0) is 16.7. The van der Waals surface area contributed by atoms with Gasteiger partial charge in [-0.25, -0.2) is 4.98 Å². The van der Waals surface area contributed by atoms with E-state index in [1.807, 2.05) is 54.3 Å². The second-order valence-corrected chi connectivity index (χ2v) is 7.02. The number of thiazole rings is 1. The molecule has 24 heavy (non-hydrogen) atoms. The summed E-state index contributed by atoms with van der Waals surface area (Å²) in [7, 11) is 1.81. The number of rotatable bonds is 3. The molecule has 0 saturated heterocycles. The van der Waals surface area contributed by atoms with Crippen molar-refractivity contribution in [2.75, 3.05) is 7.05 Å². The highest BCUT2D eigenvalue weighted by atomic mass is 32.1. The van der Waals surface area contributed by atoms with Gasteiger partial charge in [-0.3, -0.25) is 9.36 Å². The number of carbonyl (C=O) groups is 1. The lowest BCUT2D eigenvalue weighted by Gasteiger charge is -2.31. The fraction of sp³-hybridized carbons (Fsp3) is 0.294. The number of hydrogen-bond donors (Lipinski definition) is 0. The molecule has 0 bridgehead atoms. The standard InChI is InChI=1S/C17H17N5OS/c1-11-18-13(10-24-11)16-20-19-15-9-21(2)17(23)14(22(15)16)8-12-6-4-3-5-7-12/h3-7,10,14H,8-9H2,1-2H3/t14-/m1/s1. The molecule has 0 N–H and O–H groups in total. The maximum atomic E-state index is 12.8. The van der Waals surface area contributed by atoms with Crippen molar-refractivity contribution in [3.8, 4) is 11.5 Å². The van der Waals surface area contributed by atoms with Crippen molar-refractivity contribution in [3.63, 3.8) is 0 Å². The minimum Gasteiger partial charge on any atom is -0.336 e. The summed E-state index contributed by atoms with van der Waals surface area (Å²) < 4.78 is 1.96. The molecule has 0 radical (unpaired) electrons. The molecule has 0 aliphatic carbocycles. The van der Waals surface area contributed by atoms with Gasteiger partial charge in [0.25, 0.3) is 0 Å². The summed E-state index contributed by atoms with van der Waals surface area (Å²) in [6.07, 6.45) is 0.616. The third-order valence-electron chi connectivity index (χ3n) is 4.24. The molecule has 1 atom stereocenters. The van der Waals surface area contributed by atoms with E-state index in [4.69, 9.17) is 0 Å². The van der Waals surface area contributed by atoms with Crippen molar-refractivity contribution < 1.29 is 4.79 Å². The van der Waals surface area contributed by atoms with Crippen LogP contribution in [-0.2, 0) is 17.8 Å². The van der Waals surface area contributed by atoms with Gasteiger partial charge in [0, 0.05) is 18.8 Å². The largest absolute Gasteiger partial charge is 0.336 e. The number of hydrogen-bond acceptors (Lipinski definition) is 5. The van der Waals surface area contributed by atoms with E-state index in [0.717, 1.165) is 22.1 Å². The van der Waals surface area contributed by atoms with E-state index in [9.17, 15) is 4.79 Å². The average molecular weight is 339 g/mol. The summed E-state index contributed by atoms with van der Waals surface area (Å²) in [5.41, 5.74) is 1.90. The summed E-state index contributed by atoms with van der Waals surface area (Å²) in [6.45, 7) is 2.43. The van der Waals surface area contributed by atoms with Crippen LogP contribution in [0.2, 0.25) is 0 Å². The van der Waals surface area contributed by atoms with Gasteiger partial charge in [-0.15, -0.1) is 21.5 Å². The van der Waals surface area contributed by atoms with Crippen molar-refractivity contribution in [1.29, 1.82) is 0 Å². The number of aryl methyl sites for hydroxylation is 1. The Morgan fingerprint density at radius 1 is 1.25 bits per heavy atom. The van der Waals surface area contributed by atoms with Gasteiger partial charge in [0.2, 0.25) is 5.91 Å². The highest BCUT2D eigenvalue weighted by Crippen LogP contribution is 2.30. The third kappa shape index (κ3) is 2.50. The molecule has 0 saturated carbocycles. The first-order valence-electron chi connectivity index (χ1n) is 7.78.